The highest BCUT2D eigenvalue weighted by atomic mass is 16.5. The second-order valence-corrected chi connectivity index (χ2v) is 6.27. The zero-order chi connectivity index (χ0) is 14.9. The number of aromatic nitrogens is 4. The Balaban J connectivity index is 1.84. The van der Waals surface area contributed by atoms with Crippen molar-refractivity contribution in [2.75, 3.05) is 13.1 Å². The first kappa shape index (κ1) is 14.1. The van der Waals surface area contributed by atoms with Crippen molar-refractivity contribution in [3.8, 4) is 11.6 Å². The highest BCUT2D eigenvalue weighted by Gasteiger charge is 2.37. The van der Waals surface area contributed by atoms with Gasteiger partial charge in [0.25, 0.3) is 0 Å². The molecule has 2 aromatic rings. The Morgan fingerprint density at radius 2 is 2.00 bits per heavy atom. The number of hydrogen-bond donors (Lipinski definition) is 1. The second-order valence-electron chi connectivity index (χ2n) is 6.27. The van der Waals surface area contributed by atoms with Gasteiger partial charge < -0.3 is 9.84 Å². The number of aryl methyl sites for hydroxylation is 1. The molecule has 1 fully saturated rings. The fourth-order valence-electron chi connectivity index (χ4n) is 2.73. The minimum Gasteiger partial charge on any atom is -0.338 e. The fourth-order valence-corrected chi connectivity index (χ4v) is 2.73. The van der Waals surface area contributed by atoms with Gasteiger partial charge in [-0.2, -0.15) is 4.98 Å². The van der Waals surface area contributed by atoms with Crippen LogP contribution in [0.2, 0.25) is 0 Å². The first-order valence-electron chi connectivity index (χ1n) is 7.41. The van der Waals surface area contributed by atoms with Crippen molar-refractivity contribution >= 4 is 0 Å². The molecule has 1 N–H and O–H groups in total. The number of nitrogens with zero attached hydrogens (tertiary/aromatic N) is 4. The van der Waals surface area contributed by atoms with Crippen LogP contribution in [0.3, 0.4) is 0 Å². The van der Waals surface area contributed by atoms with Gasteiger partial charge in [0.05, 0.1) is 0 Å². The molecule has 1 unspecified atom stereocenters. The van der Waals surface area contributed by atoms with E-state index in [-0.39, 0.29) is 5.41 Å². The van der Waals surface area contributed by atoms with E-state index < -0.39 is 0 Å². The van der Waals surface area contributed by atoms with Crippen LogP contribution >= 0.6 is 0 Å². The lowest BCUT2D eigenvalue weighted by atomic mass is 9.75. The van der Waals surface area contributed by atoms with Crippen LogP contribution in [-0.2, 0) is 5.41 Å². The van der Waals surface area contributed by atoms with Crippen LogP contribution in [0.5, 0.6) is 0 Å². The molecule has 1 saturated heterocycles. The second kappa shape index (κ2) is 5.52. The van der Waals surface area contributed by atoms with Crippen LogP contribution in [0.1, 0.15) is 38.1 Å². The third-order valence-corrected chi connectivity index (χ3v) is 4.28. The maximum absolute atomic E-state index is 5.50. The molecular weight excluding hydrogens is 266 g/mol. The van der Waals surface area contributed by atoms with Gasteiger partial charge in [-0.05, 0) is 44.3 Å². The molecule has 0 spiro atoms. The number of rotatable bonds is 3. The predicted molar refractivity (Wildman–Crippen MR) is 78.7 cm³/mol. The predicted octanol–water partition coefficient (Wildman–Crippen LogP) is 2.11. The number of nitrogens with one attached hydrogen (secondary N) is 1. The van der Waals surface area contributed by atoms with Crippen molar-refractivity contribution in [2.24, 2.45) is 5.92 Å². The van der Waals surface area contributed by atoms with Gasteiger partial charge in [0.1, 0.15) is 0 Å². The normalized spacial score (nSPS) is 19.7. The Bertz CT molecular complexity index is 599. The Morgan fingerprint density at radius 3 is 2.67 bits per heavy atom. The molecule has 21 heavy (non-hydrogen) atoms. The molecule has 1 aliphatic rings. The molecule has 3 heterocycles. The van der Waals surface area contributed by atoms with Gasteiger partial charge in [0.2, 0.25) is 17.5 Å². The Labute approximate surface area is 124 Å². The van der Waals surface area contributed by atoms with Crippen LogP contribution in [0.4, 0.5) is 0 Å². The lowest BCUT2D eigenvalue weighted by molar-refractivity contribution is 0.196. The zero-order valence-electron chi connectivity index (χ0n) is 12.8. The topological polar surface area (TPSA) is 76.7 Å². The van der Waals surface area contributed by atoms with Gasteiger partial charge >= 0.3 is 0 Å². The summed E-state index contributed by atoms with van der Waals surface area (Å²) in [6.07, 6.45) is 5.89. The average Bonchev–Trinajstić information content (AvgIpc) is 2.99. The summed E-state index contributed by atoms with van der Waals surface area (Å²) in [5.41, 5.74) is 0.861. The standard InChI is InChI=1S/C15H21N5O/c1-10-7-17-12(18-8-10)13-19-14(21-20-13)15(2,3)11-5-4-6-16-9-11/h7-8,11,16H,4-6,9H2,1-3H3. The summed E-state index contributed by atoms with van der Waals surface area (Å²) < 4.78 is 5.50. The molecule has 0 aromatic carbocycles. The monoisotopic (exact) mass is 287 g/mol. The Kier molecular flexibility index (Phi) is 3.71. The van der Waals surface area contributed by atoms with Crippen molar-refractivity contribution in [3.05, 3.63) is 23.8 Å². The van der Waals surface area contributed by atoms with Crippen molar-refractivity contribution in [1.82, 2.24) is 25.4 Å². The minimum atomic E-state index is -0.149. The molecule has 2 aromatic heterocycles. The maximum Gasteiger partial charge on any atom is 0.240 e. The van der Waals surface area contributed by atoms with Crippen molar-refractivity contribution < 1.29 is 4.52 Å². The number of piperidine rings is 1. The van der Waals surface area contributed by atoms with Gasteiger partial charge in [-0.1, -0.05) is 19.0 Å². The molecule has 3 rings (SSSR count). The van der Waals surface area contributed by atoms with Gasteiger partial charge in [-0.15, -0.1) is 0 Å². The summed E-state index contributed by atoms with van der Waals surface area (Å²) in [7, 11) is 0. The summed E-state index contributed by atoms with van der Waals surface area (Å²) in [5.74, 6) is 2.13. The van der Waals surface area contributed by atoms with Gasteiger partial charge in [-0.25, -0.2) is 9.97 Å². The largest absolute Gasteiger partial charge is 0.338 e. The van der Waals surface area contributed by atoms with Crippen LogP contribution < -0.4 is 5.32 Å². The molecule has 6 heteroatoms. The smallest absolute Gasteiger partial charge is 0.240 e. The summed E-state index contributed by atoms with van der Waals surface area (Å²) in [4.78, 5) is 13.0. The molecule has 0 saturated carbocycles. The van der Waals surface area contributed by atoms with Crippen molar-refractivity contribution in [3.63, 3.8) is 0 Å². The first-order valence-corrected chi connectivity index (χ1v) is 7.41. The average molecular weight is 287 g/mol. The van der Waals surface area contributed by atoms with E-state index in [2.05, 4.69) is 39.3 Å². The van der Waals surface area contributed by atoms with E-state index in [0.29, 0.717) is 23.5 Å². The molecule has 0 bridgehead atoms. The van der Waals surface area contributed by atoms with E-state index in [1.54, 1.807) is 12.4 Å². The maximum atomic E-state index is 5.50. The van der Waals surface area contributed by atoms with Gasteiger partial charge in [0, 0.05) is 17.8 Å². The first-order chi connectivity index (χ1) is 10.1. The minimum absolute atomic E-state index is 0.149. The third kappa shape index (κ3) is 2.81. The summed E-state index contributed by atoms with van der Waals surface area (Å²) in [6, 6.07) is 0. The van der Waals surface area contributed by atoms with Gasteiger partial charge in [0.15, 0.2) is 0 Å². The van der Waals surface area contributed by atoms with Crippen LogP contribution in [-0.4, -0.2) is 33.2 Å². The van der Waals surface area contributed by atoms with Crippen LogP contribution in [0, 0.1) is 12.8 Å². The third-order valence-electron chi connectivity index (χ3n) is 4.28. The molecule has 0 radical (unpaired) electrons. The highest BCUT2D eigenvalue weighted by molar-refractivity contribution is 5.41. The van der Waals surface area contributed by atoms with E-state index >= 15 is 0 Å². The van der Waals surface area contributed by atoms with E-state index in [1.165, 1.54) is 12.8 Å². The molecule has 1 atom stereocenters. The van der Waals surface area contributed by atoms with E-state index in [4.69, 9.17) is 4.52 Å². The molecule has 0 aliphatic carbocycles. The quantitative estimate of drug-likeness (QED) is 0.931. The molecular formula is C15H21N5O. The molecule has 0 amide bonds. The molecule has 112 valence electrons. The van der Waals surface area contributed by atoms with Crippen LogP contribution in [0.15, 0.2) is 16.9 Å². The molecule has 6 nitrogen and oxygen atoms in total. The lowest BCUT2D eigenvalue weighted by Gasteiger charge is -2.34. The van der Waals surface area contributed by atoms with E-state index in [1.807, 2.05) is 6.92 Å². The highest BCUT2D eigenvalue weighted by Crippen LogP contribution is 2.35. The zero-order valence-corrected chi connectivity index (χ0v) is 12.8. The summed E-state index contributed by atoms with van der Waals surface area (Å²) in [6.45, 7) is 8.37. The van der Waals surface area contributed by atoms with Crippen molar-refractivity contribution in [2.45, 2.75) is 39.0 Å². The summed E-state index contributed by atoms with van der Waals surface area (Å²) >= 11 is 0. The number of hydrogen-bond acceptors (Lipinski definition) is 6. The van der Waals surface area contributed by atoms with E-state index in [9.17, 15) is 0 Å². The van der Waals surface area contributed by atoms with E-state index in [0.717, 1.165) is 18.7 Å². The van der Waals surface area contributed by atoms with Crippen molar-refractivity contribution in [1.29, 1.82) is 0 Å². The van der Waals surface area contributed by atoms with Gasteiger partial charge in [-0.3, -0.25) is 0 Å². The SMILES string of the molecule is Cc1cnc(-c2noc(C(C)(C)C3CCCNC3)n2)nc1. The summed E-state index contributed by atoms with van der Waals surface area (Å²) in [5, 5.41) is 7.49. The fraction of sp³-hybridized carbons (Fsp3) is 0.600. The lowest BCUT2D eigenvalue weighted by Crippen LogP contribution is -2.40. The Morgan fingerprint density at radius 1 is 1.24 bits per heavy atom. The molecule has 1 aliphatic heterocycles. The van der Waals surface area contributed by atoms with Crippen LogP contribution in [0.25, 0.3) is 11.6 Å². The Hall–Kier alpha value is -1.82.